The van der Waals surface area contributed by atoms with Gasteiger partial charge in [0.1, 0.15) is 18.1 Å². The summed E-state index contributed by atoms with van der Waals surface area (Å²) < 4.78 is 16.1. The van der Waals surface area contributed by atoms with Crippen molar-refractivity contribution in [1.82, 2.24) is 9.88 Å². The van der Waals surface area contributed by atoms with E-state index in [4.69, 9.17) is 14.2 Å². The number of carbonyl (C=O) groups is 2. The minimum absolute atomic E-state index is 0.143. The molecule has 2 heterocycles. The first-order valence-corrected chi connectivity index (χ1v) is 12.0. The topological polar surface area (TPSA) is 80.9 Å². The van der Waals surface area contributed by atoms with Gasteiger partial charge in [-0.05, 0) is 80.4 Å². The third kappa shape index (κ3) is 6.73. The number of nitrogens with one attached hydrogen (secondary N) is 1. The Hall–Kier alpha value is -3.58. The molecule has 7 heteroatoms. The number of piperidine rings is 1. The number of carbonyl (C=O) groups excluding carboxylic acids is 2. The van der Waals surface area contributed by atoms with Gasteiger partial charge in [-0.15, -0.1) is 0 Å². The lowest BCUT2D eigenvalue weighted by atomic mass is 10.1. The molecule has 0 bridgehead atoms. The quantitative estimate of drug-likeness (QED) is 0.275. The molecule has 1 fully saturated rings. The number of benzene rings is 2. The van der Waals surface area contributed by atoms with Crippen molar-refractivity contribution in [3.63, 3.8) is 0 Å². The highest BCUT2D eigenvalue weighted by molar-refractivity contribution is 5.90. The molecule has 1 aromatic heterocycles. The molecule has 1 aliphatic heterocycles. The number of aryl methyl sites for hydroxylation is 1. The minimum Gasteiger partial charge on any atom is -0.497 e. The largest absolute Gasteiger partial charge is 0.497 e. The number of rotatable bonds is 9. The zero-order chi connectivity index (χ0) is 24.6. The van der Waals surface area contributed by atoms with E-state index >= 15 is 0 Å². The van der Waals surface area contributed by atoms with Crippen LogP contribution < -0.4 is 9.47 Å². The van der Waals surface area contributed by atoms with Crippen molar-refractivity contribution in [3.05, 3.63) is 65.4 Å². The van der Waals surface area contributed by atoms with E-state index in [-0.39, 0.29) is 18.4 Å². The lowest BCUT2D eigenvalue weighted by molar-refractivity contribution is -0.138. The summed E-state index contributed by atoms with van der Waals surface area (Å²) in [6, 6.07) is 12.7. The average Bonchev–Trinajstić information content (AvgIpc) is 3.18. The molecule has 0 spiro atoms. The summed E-state index contributed by atoms with van der Waals surface area (Å²) >= 11 is 0. The van der Waals surface area contributed by atoms with Crippen LogP contribution in [-0.4, -0.2) is 55.2 Å². The summed E-state index contributed by atoms with van der Waals surface area (Å²) in [5, 5.41) is 0.946. The number of hydrogen-bond acceptors (Lipinski definition) is 6. The Balaban J connectivity index is 1.27. The normalized spacial score (nSPS) is 14.3. The Bertz CT molecular complexity index is 1190. The fourth-order valence-electron chi connectivity index (χ4n) is 4.35. The SMILES string of the molecule is COc1ccc2[nH]c(C)c(CC(=O)Oc3ccc(/C=C\C(=O)OCCN4CCCCC4)cc3)c2c1. The van der Waals surface area contributed by atoms with E-state index in [9.17, 15) is 9.59 Å². The zero-order valence-electron chi connectivity index (χ0n) is 20.3. The fourth-order valence-corrected chi connectivity index (χ4v) is 4.35. The molecule has 0 atom stereocenters. The first kappa shape index (κ1) is 24.5. The van der Waals surface area contributed by atoms with Crippen LogP contribution in [0.1, 0.15) is 36.1 Å². The van der Waals surface area contributed by atoms with Crippen LogP contribution in [0.2, 0.25) is 0 Å². The Morgan fingerprint density at radius 1 is 1.03 bits per heavy atom. The fraction of sp³-hybridized carbons (Fsp3) is 0.357. The van der Waals surface area contributed by atoms with E-state index in [1.54, 1.807) is 37.5 Å². The van der Waals surface area contributed by atoms with Crippen LogP contribution in [0.15, 0.2) is 48.5 Å². The number of nitrogens with zero attached hydrogens (tertiary/aromatic N) is 1. The standard InChI is InChI=1S/C28H32N2O5/c1-20-24(25-18-23(33-2)11-12-26(25)29-20)19-28(32)35-22-9-6-21(7-10-22)8-13-27(31)34-17-16-30-14-4-3-5-15-30/h6-13,18,29H,3-5,14-17,19H2,1-2H3/b13-8-. The maximum Gasteiger partial charge on any atom is 0.330 e. The highest BCUT2D eigenvalue weighted by atomic mass is 16.5. The van der Waals surface area contributed by atoms with Gasteiger partial charge in [-0.1, -0.05) is 18.6 Å². The van der Waals surface area contributed by atoms with Gasteiger partial charge in [0.05, 0.1) is 13.5 Å². The van der Waals surface area contributed by atoms with E-state index in [1.165, 1.54) is 25.3 Å². The van der Waals surface area contributed by atoms with E-state index in [0.29, 0.717) is 12.4 Å². The van der Waals surface area contributed by atoms with E-state index in [2.05, 4.69) is 9.88 Å². The molecule has 0 unspecified atom stereocenters. The van der Waals surface area contributed by atoms with Crippen molar-refractivity contribution in [3.8, 4) is 11.5 Å². The monoisotopic (exact) mass is 476 g/mol. The van der Waals surface area contributed by atoms with Crippen LogP contribution in [-0.2, 0) is 20.7 Å². The molecule has 7 nitrogen and oxygen atoms in total. The van der Waals surface area contributed by atoms with Gasteiger partial charge in [0, 0.05) is 29.2 Å². The molecule has 2 aromatic carbocycles. The molecule has 4 rings (SSSR count). The van der Waals surface area contributed by atoms with Gasteiger partial charge in [-0.2, -0.15) is 0 Å². The number of aromatic nitrogens is 1. The van der Waals surface area contributed by atoms with Crippen molar-refractivity contribution in [2.45, 2.75) is 32.6 Å². The molecule has 0 saturated carbocycles. The van der Waals surface area contributed by atoms with Crippen LogP contribution in [0.3, 0.4) is 0 Å². The predicted molar refractivity (Wildman–Crippen MR) is 136 cm³/mol. The number of hydrogen-bond donors (Lipinski definition) is 1. The molecule has 35 heavy (non-hydrogen) atoms. The number of H-pyrrole nitrogens is 1. The van der Waals surface area contributed by atoms with Crippen LogP contribution >= 0.6 is 0 Å². The van der Waals surface area contributed by atoms with E-state index in [1.807, 2.05) is 25.1 Å². The van der Waals surface area contributed by atoms with Gasteiger partial charge >= 0.3 is 11.9 Å². The summed E-state index contributed by atoms with van der Waals surface area (Å²) in [6.07, 6.45) is 6.98. The Morgan fingerprint density at radius 3 is 2.51 bits per heavy atom. The number of esters is 2. The predicted octanol–water partition coefficient (Wildman–Crippen LogP) is 4.68. The van der Waals surface area contributed by atoms with Crippen LogP contribution in [0.4, 0.5) is 0 Å². The molecule has 0 radical (unpaired) electrons. The molecular formula is C28H32N2O5. The molecule has 1 N–H and O–H groups in total. The van der Waals surface area contributed by atoms with E-state index < -0.39 is 0 Å². The second kappa shape index (κ2) is 11.7. The summed E-state index contributed by atoms with van der Waals surface area (Å²) in [5.41, 5.74) is 3.58. The van der Waals surface area contributed by atoms with Gasteiger partial charge in [0.15, 0.2) is 0 Å². The van der Waals surface area contributed by atoms with Crippen molar-refractivity contribution in [2.24, 2.45) is 0 Å². The lowest BCUT2D eigenvalue weighted by Crippen LogP contribution is -2.33. The number of methoxy groups -OCH3 is 1. The van der Waals surface area contributed by atoms with Gasteiger partial charge in [-0.25, -0.2) is 4.79 Å². The smallest absolute Gasteiger partial charge is 0.330 e. The first-order chi connectivity index (χ1) is 17.0. The minimum atomic E-state index is -0.358. The van der Waals surface area contributed by atoms with Gasteiger partial charge < -0.3 is 19.2 Å². The number of likely N-dealkylation sites (tertiary alicyclic amines) is 1. The third-order valence-electron chi connectivity index (χ3n) is 6.27. The highest BCUT2D eigenvalue weighted by Gasteiger charge is 2.15. The van der Waals surface area contributed by atoms with Crippen LogP contribution in [0, 0.1) is 6.92 Å². The summed E-state index contributed by atoms with van der Waals surface area (Å²) in [4.78, 5) is 30.2. The lowest BCUT2D eigenvalue weighted by Gasteiger charge is -2.25. The maximum absolute atomic E-state index is 12.6. The molecule has 0 aliphatic carbocycles. The van der Waals surface area contributed by atoms with Gasteiger partial charge in [0.25, 0.3) is 0 Å². The number of fused-ring (bicyclic) bond motifs is 1. The second-order valence-corrected chi connectivity index (χ2v) is 8.76. The van der Waals surface area contributed by atoms with Crippen molar-refractivity contribution in [1.29, 1.82) is 0 Å². The van der Waals surface area contributed by atoms with Crippen molar-refractivity contribution in [2.75, 3.05) is 33.4 Å². The third-order valence-corrected chi connectivity index (χ3v) is 6.27. The maximum atomic E-state index is 12.6. The first-order valence-electron chi connectivity index (χ1n) is 12.0. The van der Waals surface area contributed by atoms with Gasteiger partial charge in [0.2, 0.25) is 0 Å². The van der Waals surface area contributed by atoms with Crippen LogP contribution in [0.25, 0.3) is 17.0 Å². The highest BCUT2D eigenvalue weighted by Crippen LogP contribution is 2.27. The summed E-state index contributed by atoms with van der Waals surface area (Å²) in [5.74, 6) is 0.479. The summed E-state index contributed by atoms with van der Waals surface area (Å²) in [6.45, 7) is 5.29. The number of ether oxygens (including phenoxy) is 3. The molecule has 0 amide bonds. The van der Waals surface area contributed by atoms with E-state index in [0.717, 1.165) is 53.1 Å². The van der Waals surface area contributed by atoms with Gasteiger partial charge in [-0.3, -0.25) is 9.69 Å². The Kier molecular flexibility index (Phi) is 8.21. The average molecular weight is 477 g/mol. The van der Waals surface area contributed by atoms with Crippen molar-refractivity contribution >= 4 is 28.9 Å². The molecular weight excluding hydrogens is 444 g/mol. The molecule has 184 valence electrons. The Labute approximate surface area is 205 Å². The number of aromatic amines is 1. The molecule has 1 aliphatic rings. The molecule has 3 aromatic rings. The molecule has 1 saturated heterocycles. The van der Waals surface area contributed by atoms with Crippen LogP contribution in [0.5, 0.6) is 11.5 Å². The summed E-state index contributed by atoms with van der Waals surface area (Å²) in [7, 11) is 1.62. The van der Waals surface area contributed by atoms with Crippen molar-refractivity contribution < 1.29 is 23.8 Å². The Morgan fingerprint density at radius 2 is 1.77 bits per heavy atom. The zero-order valence-corrected chi connectivity index (χ0v) is 20.3. The second-order valence-electron chi connectivity index (χ2n) is 8.76.